The largest absolute Gasteiger partial charge is 0.378 e. The van der Waals surface area contributed by atoms with Crippen molar-refractivity contribution < 1.29 is 4.74 Å². The summed E-state index contributed by atoms with van der Waals surface area (Å²) in [4.78, 5) is 0. The first-order valence-electron chi connectivity index (χ1n) is 6.06. The van der Waals surface area contributed by atoms with Crippen LogP contribution in [0.2, 0.25) is 0 Å². The van der Waals surface area contributed by atoms with E-state index in [4.69, 9.17) is 16.3 Å². The molecule has 2 unspecified atom stereocenters. The fourth-order valence-corrected chi connectivity index (χ4v) is 2.49. The molecule has 0 N–H and O–H groups in total. The molecule has 1 aliphatic heterocycles. The third kappa shape index (κ3) is 4.18. The summed E-state index contributed by atoms with van der Waals surface area (Å²) in [5.41, 5.74) is 0. The number of hydrogen-bond donors (Lipinski definition) is 0. The van der Waals surface area contributed by atoms with Gasteiger partial charge in [-0.2, -0.15) is 0 Å². The second-order valence-corrected chi connectivity index (χ2v) is 4.62. The molecule has 0 bridgehead atoms. The second-order valence-electron chi connectivity index (χ2n) is 4.32. The summed E-state index contributed by atoms with van der Waals surface area (Å²) in [6.45, 7) is 3.18. The summed E-state index contributed by atoms with van der Waals surface area (Å²) in [6, 6.07) is 0. The van der Waals surface area contributed by atoms with Gasteiger partial charge in [0.2, 0.25) is 0 Å². The van der Waals surface area contributed by atoms with E-state index >= 15 is 0 Å². The van der Waals surface area contributed by atoms with Crippen molar-refractivity contribution in [1.29, 1.82) is 0 Å². The van der Waals surface area contributed by atoms with Crippen molar-refractivity contribution in [2.75, 3.05) is 12.5 Å². The number of ether oxygens (including phenoxy) is 1. The Labute approximate surface area is 93.2 Å². The third-order valence-corrected chi connectivity index (χ3v) is 3.53. The van der Waals surface area contributed by atoms with Crippen molar-refractivity contribution in [3.8, 4) is 0 Å². The van der Waals surface area contributed by atoms with Crippen molar-refractivity contribution in [3.05, 3.63) is 0 Å². The van der Waals surface area contributed by atoms with Crippen molar-refractivity contribution in [2.45, 2.75) is 58.0 Å². The van der Waals surface area contributed by atoms with E-state index in [2.05, 4.69) is 6.92 Å². The van der Waals surface area contributed by atoms with E-state index in [0.29, 0.717) is 12.0 Å². The quantitative estimate of drug-likeness (QED) is 0.464. The molecule has 1 saturated heterocycles. The van der Waals surface area contributed by atoms with Crippen LogP contribution in [0.25, 0.3) is 0 Å². The molecule has 1 nitrogen and oxygen atoms in total. The molecule has 0 aromatic heterocycles. The number of hydrogen-bond acceptors (Lipinski definition) is 1. The van der Waals surface area contributed by atoms with Gasteiger partial charge in [0, 0.05) is 18.4 Å². The average molecular weight is 219 g/mol. The fourth-order valence-electron chi connectivity index (χ4n) is 2.14. The monoisotopic (exact) mass is 218 g/mol. The number of alkyl halides is 1. The summed E-state index contributed by atoms with van der Waals surface area (Å²) in [6.07, 6.45) is 9.63. The van der Waals surface area contributed by atoms with E-state index in [1.807, 2.05) is 0 Å². The van der Waals surface area contributed by atoms with Crippen LogP contribution in [0, 0.1) is 5.92 Å². The zero-order chi connectivity index (χ0) is 10.2. The van der Waals surface area contributed by atoms with Crippen LogP contribution < -0.4 is 0 Å². The van der Waals surface area contributed by atoms with Crippen LogP contribution in [-0.2, 0) is 4.74 Å². The van der Waals surface area contributed by atoms with Crippen molar-refractivity contribution >= 4 is 11.6 Å². The van der Waals surface area contributed by atoms with Gasteiger partial charge >= 0.3 is 0 Å². The van der Waals surface area contributed by atoms with Crippen molar-refractivity contribution in [3.63, 3.8) is 0 Å². The highest BCUT2D eigenvalue weighted by Gasteiger charge is 2.26. The van der Waals surface area contributed by atoms with Crippen LogP contribution in [0.3, 0.4) is 0 Å². The first-order chi connectivity index (χ1) is 6.88. The van der Waals surface area contributed by atoms with E-state index in [9.17, 15) is 0 Å². The molecule has 1 rings (SSSR count). The van der Waals surface area contributed by atoms with E-state index in [1.165, 1.54) is 44.9 Å². The topological polar surface area (TPSA) is 9.23 Å². The van der Waals surface area contributed by atoms with Gasteiger partial charge in [0.05, 0.1) is 6.10 Å². The van der Waals surface area contributed by atoms with Crippen LogP contribution in [0.4, 0.5) is 0 Å². The summed E-state index contributed by atoms with van der Waals surface area (Å²) >= 11 is 5.89. The molecule has 0 saturated carbocycles. The molecule has 14 heavy (non-hydrogen) atoms. The molecule has 0 radical (unpaired) electrons. The minimum absolute atomic E-state index is 0.467. The third-order valence-electron chi connectivity index (χ3n) is 3.14. The fraction of sp³-hybridized carbons (Fsp3) is 1.00. The maximum Gasteiger partial charge on any atom is 0.0615 e. The molecule has 84 valence electrons. The molecule has 0 aromatic carbocycles. The van der Waals surface area contributed by atoms with Crippen molar-refractivity contribution in [1.82, 2.24) is 0 Å². The van der Waals surface area contributed by atoms with Crippen LogP contribution in [0.5, 0.6) is 0 Å². The lowest BCUT2D eigenvalue weighted by atomic mass is 9.98. The van der Waals surface area contributed by atoms with E-state index in [1.54, 1.807) is 0 Å². The van der Waals surface area contributed by atoms with Crippen LogP contribution in [0.15, 0.2) is 0 Å². The molecule has 1 fully saturated rings. The van der Waals surface area contributed by atoms with Crippen molar-refractivity contribution in [2.24, 2.45) is 5.92 Å². The van der Waals surface area contributed by atoms with Crippen LogP contribution in [0.1, 0.15) is 51.9 Å². The maximum absolute atomic E-state index is 5.89. The molecule has 1 aliphatic rings. The summed E-state index contributed by atoms with van der Waals surface area (Å²) in [7, 11) is 0. The Morgan fingerprint density at radius 2 is 2.00 bits per heavy atom. The lowest BCUT2D eigenvalue weighted by Crippen LogP contribution is -2.16. The SMILES string of the molecule is CCCCCCCC1OCCC1CCl. The van der Waals surface area contributed by atoms with Gasteiger partial charge in [-0.3, -0.25) is 0 Å². The lowest BCUT2D eigenvalue weighted by molar-refractivity contribution is 0.0853. The highest BCUT2D eigenvalue weighted by molar-refractivity contribution is 6.18. The minimum atomic E-state index is 0.467. The molecule has 0 amide bonds. The zero-order valence-electron chi connectivity index (χ0n) is 9.30. The molecule has 0 aromatic rings. The van der Waals surface area contributed by atoms with E-state index in [0.717, 1.165) is 12.5 Å². The number of rotatable bonds is 7. The Kier molecular flexibility index (Phi) is 6.63. The van der Waals surface area contributed by atoms with E-state index < -0.39 is 0 Å². The highest BCUT2D eigenvalue weighted by atomic mass is 35.5. The Morgan fingerprint density at radius 1 is 1.21 bits per heavy atom. The second kappa shape index (κ2) is 7.53. The zero-order valence-corrected chi connectivity index (χ0v) is 10.1. The Hall–Kier alpha value is 0.250. The Bertz CT molecular complexity index is 138. The molecule has 0 spiro atoms. The Balaban J connectivity index is 2.00. The van der Waals surface area contributed by atoms with Crippen LogP contribution in [-0.4, -0.2) is 18.6 Å². The van der Waals surface area contributed by atoms with Gasteiger partial charge in [-0.05, 0) is 12.8 Å². The van der Waals surface area contributed by atoms with E-state index in [-0.39, 0.29) is 0 Å². The first kappa shape index (κ1) is 12.3. The smallest absolute Gasteiger partial charge is 0.0615 e. The molecule has 0 aliphatic carbocycles. The van der Waals surface area contributed by atoms with Gasteiger partial charge in [-0.25, -0.2) is 0 Å². The molecular weight excluding hydrogens is 196 g/mol. The summed E-state index contributed by atoms with van der Waals surface area (Å²) in [5.74, 6) is 1.41. The van der Waals surface area contributed by atoms with Crippen LogP contribution >= 0.6 is 11.6 Å². The molecule has 2 atom stereocenters. The number of halogens is 1. The van der Waals surface area contributed by atoms with Gasteiger partial charge in [0.15, 0.2) is 0 Å². The standard InChI is InChI=1S/C12H23ClO/c1-2-3-4-5-6-7-12-11(10-13)8-9-14-12/h11-12H,2-10H2,1H3. The predicted octanol–water partition coefficient (Wildman–Crippen LogP) is 3.99. The predicted molar refractivity (Wildman–Crippen MR) is 61.9 cm³/mol. The van der Waals surface area contributed by atoms with Gasteiger partial charge < -0.3 is 4.74 Å². The minimum Gasteiger partial charge on any atom is -0.378 e. The van der Waals surface area contributed by atoms with Gasteiger partial charge in [-0.15, -0.1) is 11.6 Å². The molecular formula is C12H23ClO. The van der Waals surface area contributed by atoms with Gasteiger partial charge in [-0.1, -0.05) is 39.0 Å². The molecule has 2 heteroatoms. The Morgan fingerprint density at radius 3 is 2.71 bits per heavy atom. The first-order valence-corrected chi connectivity index (χ1v) is 6.59. The number of unbranched alkanes of at least 4 members (excludes halogenated alkanes) is 4. The average Bonchev–Trinajstić information content (AvgIpc) is 2.65. The normalized spacial score (nSPS) is 27.0. The van der Waals surface area contributed by atoms with Gasteiger partial charge in [0.1, 0.15) is 0 Å². The summed E-state index contributed by atoms with van der Waals surface area (Å²) < 4.78 is 5.68. The highest BCUT2D eigenvalue weighted by Crippen LogP contribution is 2.26. The maximum atomic E-state index is 5.89. The summed E-state index contributed by atoms with van der Waals surface area (Å²) in [5, 5.41) is 0. The lowest BCUT2D eigenvalue weighted by Gasteiger charge is -2.15. The van der Waals surface area contributed by atoms with Gasteiger partial charge in [0.25, 0.3) is 0 Å². The molecule has 1 heterocycles.